The van der Waals surface area contributed by atoms with Crippen molar-refractivity contribution in [1.82, 2.24) is 5.32 Å². The molecule has 9 aliphatic rings. The van der Waals surface area contributed by atoms with Gasteiger partial charge in [-0.25, -0.2) is 9.59 Å². The standard InChI is InChI=1S/C38H52N2O4/c1-3-5-10-28-38-19-13-25(32(33(38)35(42)44-28)37(17-8-9-18-37)23-14-20-40-29(39)21-23)24-11-12-26-27(43-34(41)30(26)31(24)38)22-36(4-2)15-6-7-16-36/h10,22-25,29,31,40H,3-9,11-21,39H2,1-2H3. The molecule has 44 heavy (non-hydrogen) atoms. The average Bonchev–Trinajstić information content (AvgIpc) is 3.83. The Bertz CT molecular complexity index is 1370. The zero-order valence-electron chi connectivity index (χ0n) is 27.0. The fourth-order valence-corrected chi connectivity index (χ4v) is 12.1. The number of hydrogen-bond acceptors (Lipinski definition) is 6. The Kier molecular flexibility index (Phi) is 7.10. The molecule has 0 amide bonds. The Morgan fingerprint density at radius 2 is 1.73 bits per heavy atom. The van der Waals surface area contributed by atoms with Gasteiger partial charge in [0.2, 0.25) is 0 Å². The Morgan fingerprint density at radius 3 is 2.45 bits per heavy atom. The van der Waals surface area contributed by atoms with Gasteiger partial charge in [-0.05, 0) is 130 Å². The van der Waals surface area contributed by atoms with Gasteiger partial charge in [0.25, 0.3) is 0 Å². The van der Waals surface area contributed by atoms with Gasteiger partial charge in [-0.15, -0.1) is 0 Å². The number of fused-ring (bicyclic) bond motifs is 1. The molecule has 2 bridgehead atoms. The number of nitrogens with two attached hydrogens (primary N) is 1. The normalized spacial score (nSPS) is 40.5. The second-order valence-corrected chi connectivity index (χ2v) is 15.7. The quantitative estimate of drug-likeness (QED) is 0.307. The molecule has 6 heteroatoms. The zero-order chi connectivity index (χ0) is 30.3. The third kappa shape index (κ3) is 3.98. The van der Waals surface area contributed by atoms with Crippen molar-refractivity contribution in [2.24, 2.45) is 45.7 Å². The van der Waals surface area contributed by atoms with Gasteiger partial charge in [-0.2, -0.15) is 0 Å². The molecule has 3 heterocycles. The van der Waals surface area contributed by atoms with Crippen molar-refractivity contribution >= 4 is 11.9 Å². The summed E-state index contributed by atoms with van der Waals surface area (Å²) in [6.07, 6.45) is 23.1. The topological polar surface area (TPSA) is 90.7 Å². The molecule has 6 aliphatic carbocycles. The van der Waals surface area contributed by atoms with E-state index in [2.05, 4.69) is 31.3 Å². The van der Waals surface area contributed by atoms with Crippen LogP contribution in [0, 0.1) is 39.9 Å². The van der Waals surface area contributed by atoms with E-state index in [1.807, 2.05) is 0 Å². The number of unbranched alkanes of at least 4 members (excludes halogenated alkanes) is 1. The molecule has 0 radical (unpaired) electrons. The Morgan fingerprint density at radius 1 is 0.955 bits per heavy atom. The van der Waals surface area contributed by atoms with Crippen LogP contribution in [0.15, 0.2) is 46.0 Å². The monoisotopic (exact) mass is 600 g/mol. The number of carbonyl (C=O) groups excluding carboxylic acids is 2. The molecule has 0 aromatic carbocycles. The highest BCUT2D eigenvalue weighted by Crippen LogP contribution is 2.74. The lowest BCUT2D eigenvalue weighted by Crippen LogP contribution is -2.56. The highest BCUT2D eigenvalue weighted by Gasteiger charge is 2.70. The maximum atomic E-state index is 14.3. The van der Waals surface area contributed by atoms with Gasteiger partial charge in [0.15, 0.2) is 0 Å². The first-order valence-corrected chi connectivity index (χ1v) is 18.2. The predicted octanol–water partition coefficient (Wildman–Crippen LogP) is 7.51. The minimum absolute atomic E-state index is 0.0154. The van der Waals surface area contributed by atoms with Crippen molar-refractivity contribution in [1.29, 1.82) is 0 Å². The van der Waals surface area contributed by atoms with E-state index in [-0.39, 0.29) is 34.9 Å². The second-order valence-electron chi connectivity index (χ2n) is 15.7. The smallest absolute Gasteiger partial charge is 0.340 e. The van der Waals surface area contributed by atoms with E-state index < -0.39 is 5.41 Å². The fraction of sp³-hybridized carbons (Fsp3) is 0.737. The van der Waals surface area contributed by atoms with Crippen LogP contribution in [0.1, 0.15) is 123 Å². The first-order chi connectivity index (χ1) is 21.4. The number of rotatable bonds is 6. The molecule has 6 nitrogen and oxygen atoms in total. The number of cyclic esters (lactones) is 2. The van der Waals surface area contributed by atoms with Crippen LogP contribution in [0.4, 0.5) is 0 Å². The SMILES string of the molecule is CCCC=C1OC(=O)C2=C(C3(C4CCNC(N)C4)CCCC3)C3CCC12C1C2=C(CCC31)C(=CC1(CC)CCCC1)OC2=O. The van der Waals surface area contributed by atoms with Crippen molar-refractivity contribution in [2.75, 3.05) is 6.54 Å². The van der Waals surface area contributed by atoms with Crippen LogP contribution in [-0.2, 0) is 19.1 Å². The molecule has 0 aromatic rings. The maximum Gasteiger partial charge on any atom is 0.340 e. The summed E-state index contributed by atoms with van der Waals surface area (Å²) in [5.41, 5.74) is 10.6. The van der Waals surface area contributed by atoms with E-state index in [1.165, 1.54) is 44.1 Å². The van der Waals surface area contributed by atoms with Gasteiger partial charge in [-0.3, -0.25) is 0 Å². The van der Waals surface area contributed by atoms with E-state index in [0.717, 1.165) is 105 Å². The second kappa shape index (κ2) is 10.7. The molecular formula is C38H52N2O4. The van der Waals surface area contributed by atoms with Crippen LogP contribution < -0.4 is 11.1 Å². The van der Waals surface area contributed by atoms with Crippen molar-refractivity contribution in [2.45, 2.75) is 129 Å². The maximum absolute atomic E-state index is 14.3. The summed E-state index contributed by atoms with van der Waals surface area (Å²) in [6, 6.07) is 0. The molecule has 6 unspecified atom stereocenters. The molecule has 2 saturated heterocycles. The average molecular weight is 601 g/mol. The zero-order valence-corrected chi connectivity index (χ0v) is 27.0. The lowest BCUT2D eigenvalue weighted by molar-refractivity contribution is -0.135. The minimum atomic E-state index is -0.545. The molecule has 5 fully saturated rings. The summed E-state index contributed by atoms with van der Waals surface area (Å²) in [4.78, 5) is 28.4. The summed E-state index contributed by atoms with van der Waals surface area (Å²) >= 11 is 0. The van der Waals surface area contributed by atoms with Crippen LogP contribution in [0.2, 0.25) is 0 Å². The van der Waals surface area contributed by atoms with Gasteiger partial charge >= 0.3 is 11.9 Å². The third-order valence-electron chi connectivity index (χ3n) is 14.0. The predicted molar refractivity (Wildman–Crippen MR) is 169 cm³/mol. The number of allylic oxidation sites excluding steroid dienone is 5. The Balaban J connectivity index is 1.32. The van der Waals surface area contributed by atoms with Gasteiger partial charge in [0, 0.05) is 17.1 Å². The summed E-state index contributed by atoms with van der Waals surface area (Å²) in [6.45, 7) is 5.41. The summed E-state index contributed by atoms with van der Waals surface area (Å²) in [5, 5.41) is 3.48. The Hall–Kier alpha value is -2.18. The highest BCUT2D eigenvalue weighted by molar-refractivity contribution is 6.00. The first kappa shape index (κ1) is 29.2. The van der Waals surface area contributed by atoms with Gasteiger partial charge in [-0.1, -0.05) is 46.0 Å². The summed E-state index contributed by atoms with van der Waals surface area (Å²) < 4.78 is 12.7. The number of esters is 2. The van der Waals surface area contributed by atoms with Gasteiger partial charge < -0.3 is 20.5 Å². The van der Waals surface area contributed by atoms with E-state index in [4.69, 9.17) is 15.2 Å². The largest absolute Gasteiger partial charge is 0.427 e. The summed E-state index contributed by atoms with van der Waals surface area (Å²) in [5.74, 6) is 2.53. The summed E-state index contributed by atoms with van der Waals surface area (Å²) in [7, 11) is 0. The number of carbonyl (C=O) groups is 2. The van der Waals surface area contributed by atoms with Crippen LogP contribution in [0.3, 0.4) is 0 Å². The van der Waals surface area contributed by atoms with Crippen LogP contribution in [0.25, 0.3) is 0 Å². The molecular weight excluding hydrogens is 548 g/mol. The number of nitrogens with one attached hydrogen (secondary N) is 1. The molecule has 0 aromatic heterocycles. The molecule has 9 rings (SSSR count). The van der Waals surface area contributed by atoms with Crippen LogP contribution in [0.5, 0.6) is 0 Å². The van der Waals surface area contributed by atoms with E-state index in [1.54, 1.807) is 0 Å². The number of piperidine rings is 1. The van der Waals surface area contributed by atoms with Gasteiger partial charge in [0.05, 0.1) is 17.2 Å². The van der Waals surface area contributed by atoms with Crippen molar-refractivity contribution in [3.8, 4) is 0 Å². The Labute approximate surface area is 263 Å². The first-order valence-electron chi connectivity index (χ1n) is 18.2. The molecule has 3 saturated carbocycles. The van der Waals surface area contributed by atoms with E-state index in [9.17, 15) is 9.59 Å². The molecule has 3 N–H and O–H groups in total. The minimum Gasteiger partial charge on any atom is -0.427 e. The lowest BCUT2D eigenvalue weighted by atomic mass is 9.41. The number of ether oxygens (including phenoxy) is 2. The van der Waals surface area contributed by atoms with E-state index >= 15 is 0 Å². The molecule has 1 spiro atoms. The van der Waals surface area contributed by atoms with Crippen molar-refractivity contribution in [3.63, 3.8) is 0 Å². The third-order valence-corrected chi connectivity index (χ3v) is 14.0. The fourth-order valence-electron chi connectivity index (χ4n) is 12.1. The van der Waals surface area contributed by atoms with Crippen LogP contribution >= 0.6 is 0 Å². The number of hydrogen-bond donors (Lipinski definition) is 2. The van der Waals surface area contributed by atoms with Crippen LogP contribution in [-0.4, -0.2) is 24.6 Å². The highest BCUT2D eigenvalue weighted by atomic mass is 16.5. The molecule has 238 valence electrons. The molecule has 6 atom stereocenters. The lowest BCUT2D eigenvalue weighted by Gasteiger charge is -2.60. The van der Waals surface area contributed by atoms with E-state index in [0.29, 0.717) is 17.8 Å². The van der Waals surface area contributed by atoms with Gasteiger partial charge in [0.1, 0.15) is 11.5 Å². The van der Waals surface area contributed by atoms with Crippen molar-refractivity contribution < 1.29 is 19.1 Å². The van der Waals surface area contributed by atoms with Crippen molar-refractivity contribution in [3.05, 3.63) is 46.0 Å². The molecule has 3 aliphatic heterocycles.